The van der Waals surface area contributed by atoms with Gasteiger partial charge in [0.15, 0.2) is 11.5 Å². The van der Waals surface area contributed by atoms with Gasteiger partial charge < -0.3 is 13.8 Å². The lowest BCUT2D eigenvalue weighted by Crippen LogP contribution is -2.40. The van der Waals surface area contributed by atoms with Crippen molar-refractivity contribution in [2.24, 2.45) is 0 Å². The molecule has 0 spiro atoms. The minimum absolute atomic E-state index is 0.00159. The number of rotatable bonds is 7. The van der Waals surface area contributed by atoms with E-state index < -0.39 is 21.3 Å². The summed E-state index contributed by atoms with van der Waals surface area (Å²) in [5, 5.41) is -0.510. The lowest BCUT2D eigenvalue weighted by Gasteiger charge is -2.18. The van der Waals surface area contributed by atoms with E-state index in [1.54, 1.807) is 29.2 Å². The Morgan fingerprint density at radius 1 is 1.06 bits per heavy atom. The van der Waals surface area contributed by atoms with Gasteiger partial charge in [0.1, 0.15) is 11.4 Å². The van der Waals surface area contributed by atoms with Crippen LogP contribution < -0.4 is 8.92 Å². The van der Waals surface area contributed by atoms with E-state index in [0.29, 0.717) is 18.7 Å². The molecule has 2 aromatic carbocycles. The molecule has 34 heavy (non-hydrogen) atoms. The summed E-state index contributed by atoms with van der Waals surface area (Å²) in [4.78, 5) is 40.2. The largest absolute Gasteiger partial charge is 0.493 e. The van der Waals surface area contributed by atoms with Crippen molar-refractivity contribution in [1.82, 2.24) is 9.80 Å². The van der Waals surface area contributed by atoms with E-state index in [0.717, 1.165) is 29.5 Å². The molecule has 0 aromatic heterocycles. The predicted octanol–water partition coefficient (Wildman–Crippen LogP) is 3.12. The molecular weight excluding hydrogens is 480 g/mol. The Balaban J connectivity index is 1.51. The topological polar surface area (TPSA) is 110 Å². The van der Waals surface area contributed by atoms with Crippen molar-refractivity contribution < 1.29 is 31.7 Å². The first-order valence-corrected chi connectivity index (χ1v) is 12.7. The van der Waals surface area contributed by atoms with Gasteiger partial charge in [-0.25, -0.2) is 0 Å². The fourth-order valence-electron chi connectivity index (χ4n) is 3.59. The summed E-state index contributed by atoms with van der Waals surface area (Å²) in [6.45, 7) is 0.994. The maximum absolute atomic E-state index is 12.7. The van der Waals surface area contributed by atoms with Gasteiger partial charge in [-0.15, -0.1) is 0 Å². The van der Waals surface area contributed by atoms with Crippen LogP contribution in [0.3, 0.4) is 0 Å². The quantitative estimate of drug-likeness (QED) is 0.420. The molecule has 2 aliphatic rings. The van der Waals surface area contributed by atoms with Gasteiger partial charge in [-0.1, -0.05) is 24.3 Å². The first-order chi connectivity index (χ1) is 16.3. The number of hydrogen-bond acceptors (Lipinski definition) is 8. The van der Waals surface area contributed by atoms with Crippen molar-refractivity contribution in [2.45, 2.75) is 17.7 Å². The number of methoxy groups -OCH3 is 1. The average Bonchev–Trinajstić information content (AvgIpc) is 3.45. The zero-order chi connectivity index (χ0) is 24.3. The van der Waals surface area contributed by atoms with Crippen molar-refractivity contribution >= 4 is 45.0 Å². The smallest absolute Gasteiger partial charge is 0.339 e. The van der Waals surface area contributed by atoms with E-state index >= 15 is 0 Å². The van der Waals surface area contributed by atoms with Crippen molar-refractivity contribution in [3.63, 3.8) is 0 Å². The summed E-state index contributed by atoms with van der Waals surface area (Å²) >= 11 is 0.746. The Kier molecular flexibility index (Phi) is 6.94. The van der Waals surface area contributed by atoms with Crippen molar-refractivity contribution in [3.8, 4) is 11.5 Å². The van der Waals surface area contributed by atoms with Gasteiger partial charge in [0.25, 0.3) is 11.1 Å². The fourth-order valence-corrected chi connectivity index (χ4v) is 5.38. The summed E-state index contributed by atoms with van der Waals surface area (Å²) < 4.78 is 35.5. The monoisotopic (exact) mass is 502 g/mol. The second-order valence-electron chi connectivity index (χ2n) is 7.62. The molecule has 178 valence electrons. The zero-order valence-corrected chi connectivity index (χ0v) is 19.9. The number of nitrogens with zero attached hydrogens (tertiary/aromatic N) is 2. The number of likely N-dealkylation sites (tertiary alicyclic amines) is 1. The zero-order valence-electron chi connectivity index (χ0n) is 18.3. The van der Waals surface area contributed by atoms with Crippen LogP contribution in [0, 0.1) is 0 Å². The van der Waals surface area contributed by atoms with Crippen molar-refractivity contribution in [3.05, 3.63) is 59.0 Å². The average molecular weight is 503 g/mol. The van der Waals surface area contributed by atoms with Crippen LogP contribution in [0.2, 0.25) is 0 Å². The summed E-state index contributed by atoms with van der Waals surface area (Å²) in [7, 11) is -2.70. The summed E-state index contributed by atoms with van der Waals surface area (Å²) in [6, 6.07) is 12.2. The summed E-state index contributed by atoms with van der Waals surface area (Å²) in [5.74, 6) is -0.679. The molecule has 0 radical (unpaired) electrons. The van der Waals surface area contributed by atoms with Gasteiger partial charge in [-0.3, -0.25) is 19.3 Å². The van der Waals surface area contributed by atoms with E-state index in [2.05, 4.69) is 0 Å². The SMILES string of the molecule is COc1cc(/C=C2\SC(=O)N(CC(=O)N3CCCC3)C2=O)ccc1OS(=O)(=O)c1ccccc1. The molecule has 2 heterocycles. The molecule has 2 aromatic rings. The number of carbonyl (C=O) groups excluding carboxylic acids is 3. The second kappa shape index (κ2) is 9.90. The lowest BCUT2D eigenvalue weighted by molar-refractivity contribution is -0.135. The maximum atomic E-state index is 12.7. The van der Waals surface area contributed by atoms with Gasteiger partial charge in [0, 0.05) is 13.1 Å². The minimum Gasteiger partial charge on any atom is -0.493 e. The van der Waals surface area contributed by atoms with Crippen LogP contribution in [0.4, 0.5) is 4.79 Å². The highest BCUT2D eigenvalue weighted by molar-refractivity contribution is 8.18. The van der Waals surface area contributed by atoms with E-state index in [1.165, 1.54) is 37.5 Å². The summed E-state index contributed by atoms with van der Waals surface area (Å²) in [6.07, 6.45) is 3.33. The molecule has 2 fully saturated rings. The maximum Gasteiger partial charge on any atom is 0.339 e. The molecule has 0 saturated carbocycles. The van der Waals surface area contributed by atoms with Crippen LogP contribution in [0.1, 0.15) is 18.4 Å². The van der Waals surface area contributed by atoms with Crippen LogP contribution in [0.25, 0.3) is 6.08 Å². The number of amides is 3. The number of imide groups is 1. The number of ether oxygens (including phenoxy) is 1. The van der Waals surface area contributed by atoms with E-state index in [1.807, 2.05) is 0 Å². The van der Waals surface area contributed by atoms with E-state index in [-0.39, 0.29) is 33.8 Å². The Morgan fingerprint density at radius 2 is 1.76 bits per heavy atom. The van der Waals surface area contributed by atoms with E-state index in [9.17, 15) is 22.8 Å². The second-order valence-corrected chi connectivity index (χ2v) is 10.2. The van der Waals surface area contributed by atoms with Crippen molar-refractivity contribution in [2.75, 3.05) is 26.7 Å². The van der Waals surface area contributed by atoms with Crippen LogP contribution in [-0.2, 0) is 19.7 Å². The fraction of sp³-hybridized carbons (Fsp3) is 0.261. The van der Waals surface area contributed by atoms with Gasteiger partial charge >= 0.3 is 10.1 Å². The molecule has 0 aliphatic carbocycles. The Hall–Kier alpha value is -3.31. The number of benzene rings is 2. The normalized spacial score (nSPS) is 17.5. The minimum atomic E-state index is -4.06. The van der Waals surface area contributed by atoms with Gasteiger partial charge in [-0.2, -0.15) is 8.42 Å². The molecule has 0 bridgehead atoms. The lowest BCUT2D eigenvalue weighted by atomic mass is 10.2. The van der Waals surface area contributed by atoms with Gasteiger partial charge in [-0.05, 0) is 60.5 Å². The molecule has 4 rings (SSSR count). The van der Waals surface area contributed by atoms with Crippen LogP contribution in [-0.4, -0.2) is 62.0 Å². The highest BCUT2D eigenvalue weighted by Crippen LogP contribution is 2.35. The van der Waals surface area contributed by atoms with Crippen LogP contribution >= 0.6 is 11.8 Å². The molecule has 0 N–H and O–H groups in total. The number of hydrogen-bond donors (Lipinski definition) is 0. The van der Waals surface area contributed by atoms with Crippen molar-refractivity contribution in [1.29, 1.82) is 0 Å². The standard InChI is InChI=1S/C23H22N2O7S2/c1-31-19-13-16(9-10-18(19)32-34(29,30)17-7-3-2-4-8-17)14-20-22(27)25(23(28)33-20)15-21(26)24-11-5-6-12-24/h2-4,7-10,13-14H,5-6,11-12,15H2,1H3/b20-14-. The third-order valence-corrected chi connectivity index (χ3v) is 7.50. The van der Waals surface area contributed by atoms with Gasteiger partial charge in [0.05, 0.1) is 12.0 Å². The Bertz CT molecular complexity index is 1250. The first-order valence-electron chi connectivity index (χ1n) is 10.5. The molecule has 0 unspecified atom stereocenters. The number of carbonyl (C=O) groups is 3. The number of thioether (sulfide) groups is 1. The Labute approximate surface area is 201 Å². The highest BCUT2D eigenvalue weighted by Gasteiger charge is 2.37. The summed E-state index contributed by atoms with van der Waals surface area (Å²) in [5.41, 5.74) is 0.498. The predicted molar refractivity (Wildman–Crippen MR) is 126 cm³/mol. The van der Waals surface area contributed by atoms with Crippen LogP contribution in [0.15, 0.2) is 58.3 Å². The van der Waals surface area contributed by atoms with E-state index in [4.69, 9.17) is 8.92 Å². The Morgan fingerprint density at radius 3 is 2.44 bits per heavy atom. The van der Waals surface area contributed by atoms with Gasteiger partial charge in [0.2, 0.25) is 5.91 Å². The third-order valence-electron chi connectivity index (χ3n) is 5.34. The molecule has 11 heteroatoms. The molecule has 2 saturated heterocycles. The highest BCUT2D eigenvalue weighted by atomic mass is 32.2. The molecule has 9 nitrogen and oxygen atoms in total. The molecule has 2 aliphatic heterocycles. The molecular formula is C23H22N2O7S2. The third kappa shape index (κ3) is 5.10. The molecule has 3 amide bonds. The van der Waals surface area contributed by atoms with Crippen LogP contribution in [0.5, 0.6) is 11.5 Å². The molecule has 0 atom stereocenters. The first kappa shape index (κ1) is 23.8.